The van der Waals surface area contributed by atoms with E-state index in [0.717, 1.165) is 11.1 Å². The number of fused-ring (bicyclic) bond motifs is 1. The molecule has 19 heavy (non-hydrogen) atoms. The zero-order valence-corrected chi connectivity index (χ0v) is 9.97. The van der Waals surface area contributed by atoms with Crippen molar-refractivity contribution >= 4 is 17.9 Å². The van der Waals surface area contributed by atoms with Crippen LogP contribution in [-0.2, 0) is 17.6 Å². The van der Waals surface area contributed by atoms with E-state index in [0.29, 0.717) is 19.3 Å². The highest BCUT2D eigenvalue weighted by Gasteiger charge is 2.44. The van der Waals surface area contributed by atoms with Crippen LogP contribution in [0.15, 0.2) is 23.2 Å². The Balaban J connectivity index is 1.97. The van der Waals surface area contributed by atoms with Crippen LogP contribution in [0.25, 0.3) is 0 Å². The van der Waals surface area contributed by atoms with Crippen molar-refractivity contribution < 1.29 is 19.8 Å². The number of amides is 1. The SMILES string of the molecule is O=C(O)c1ccc2c(c1)CCC1(C2)N=C([O-])NC1=O. The molecule has 0 aromatic heterocycles. The third-order valence-electron chi connectivity index (χ3n) is 3.70. The molecule has 0 saturated heterocycles. The largest absolute Gasteiger partial charge is 0.846 e. The van der Waals surface area contributed by atoms with Gasteiger partial charge in [0.2, 0.25) is 0 Å². The molecular weight excluding hydrogens is 248 g/mol. The quantitative estimate of drug-likeness (QED) is 0.707. The number of rotatable bonds is 1. The molecule has 98 valence electrons. The molecule has 1 spiro atoms. The molecule has 1 atom stereocenters. The van der Waals surface area contributed by atoms with Crippen LogP contribution in [0.3, 0.4) is 0 Å². The summed E-state index contributed by atoms with van der Waals surface area (Å²) in [6, 6.07) is 4.25. The van der Waals surface area contributed by atoms with E-state index in [1.54, 1.807) is 12.1 Å². The molecule has 1 aromatic carbocycles. The summed E-state index contributed by atoms with van der Waals surface area (Å²) < 4.78 is 0. The number of nitrogens with zero attached hydrogens (tertiary/aromatic N) is 1. The van der Waals surface area contributed by atoms with E-state index in [9.17, 15) is 14.7 Å². The van der Waals surface area contributed by atoms with Crippen LogP contribution in [0.4, 0.5) is 0 Å². The van der Waals surface area contributed by atoms with Crippen molar-refractivity contribution in [2.45, 2.75) is 24.8 Å². The van der Waals surface area contributed by atoms with Gasteiger partial charge < -0.3 is 15.5 Å². The molecule has 1 aromatic rings. The molecule has 1 aliphatic carbocycles. The second-order valence-corrected chi connectivity index (χ2v) is 4.87. The Morgan fingerprint density at radius 3 is 2.84 bits per heavy atom. The van der Waals surface area contributed by atoms with Crippen LogP contribution in [0.1, 0.15) is 27.9 Å². The van der Waals surface area contributed by atoms with Crippen molar-refractivity contribution in [1.29, 1.82) is 0 Å². The van der Waals surface area contributed by atoms with E-state index in [1.165, 1.54) is 6.07 Å². The molecule has 0 bridgehead atoms. The number of carboxylic acids is 1. The molecule has 3 rings (SSSR count). The first-order valence-electron chi connectivity index (χ1n) is 5.94. The van der Waals surface area contributed by atoms with Crippen molar-refractivity contribution in [3.05, 3.63) is 34.9 Å². The fourth-order valence-corrected chi connectivity index (χ4v) is 2.68. The van der Waals surface area contributed by atoms with Gasteiger partial charge in [0.1, 0.15) is 5.54 Å². The highest BCUT2D eigenvalue weighted by molar-refractivity contribution is 6.04. The Kier molecular flexibility index (Phi) is 2.35. The van der Waals surface area contributed by atoms with Gasteiger partial charge in [-0.15, -0.1) is 0 Å². The molecule has 0 fully saturated rings. The van der Waals surface area contributed by atoms with Crippen LogP contribution < -0.4 is 10.4 Å². The number of amidine groups is 1. The monoisotopic (exact) mass is 259 g/mol. The van der Waals surface area contributed by atoms with Gasteiger partial charge in [0.25, 0.3) is 5.91 Å². The van der Waals surface area contributed by atoms with Crippen molar-refractivity contribution in [2.24, 2.45) is 4.99 Å². The van der Waals surface area contributed by atoms with Crippen LogP contribution in [0.2, 0.25) is 0 Å². The zero-order chi connectivity index (χ0) is 13.6. The maximum absolute atomic E-state index is 11.8. The topological polar surface area (TPSA) is 102 Å². The third kappa shape index (κ3) is 1.76. The number of hydrogen-bond acceptors (Lipinski definition) is 4. The van der Waals surface area contributed by atoms with Gasteiger partial charge in [0, 0.05) is 6.42 Å². The summed E-state index contributed by atoms with van der Waals surface area (Å²) in [6.07, 6.45) is 1.32. The highest BCUT2D eigenvalue weighted by atomic mass is 16.4. The maximum atomic E-state index is 11.8. The molecule has 1 unspecified atom stereocenters. The van der Waals surface area contributed by atoms with Gasteiger partial charge >= 0.3 is 5.97 Å². The van der Waals surface area contributed by atoms with Crippen LogP contribution in [-0.4, -0.2) is 28.5 Å². The number of hydrogen-bond donors (Lipinski definition) is 2. The summed E-state index contributed by atoms with van der Waals surface area (Å²) in [5.74, 6) is -1.33. The Morgan fingerprint density at radius 1 is 1.42 bits per heavy atom. The number of carboxylic acid groups (broad SMARTS) is 1. The van der Waals surface area contributed by atoms with E-state index in [-0.39, 0.29) is 11.5 Å². The molecular formula is C13H11N2O4-. The van der Waals surface area contributed by atoms with Gasteiger partial charge in [0.15, 0.2) is 0 Å². The minimum Gasteiger partial charge on any atom is -0.846 e. The molecule has 1 aliphatic heterocycles. The summed E-state index contributed by atoms with van der Waals surface area (Å²) in [6.45, 7) is 0. The number of aliphatic imine (C=N–C) groups is 1. The van der Waals surface area contributed by atoms with E-state index in [4.69, 9.17) is 5.11 Å². The summed E-state index contributed by atoms with van der Waals surface area (Å²) in [5.41, 5.74) is 1.03. The Morgan fingerprint density at radius 2 is 2.21 bits per heavy atom. The third-order valence-corrected chi connectivity index (χ3v) is 3.70. The van der Waals surface area contributed by atoms with E-state index < -0.39 is 17.5 Å². The predicted octanol–water partition coefficient (Wildman–Crippen LogP) is -0.542. The summed E-state index contributed by atoms with van der Waals surface area (Å²) in [4.78, 5) is 26.6. The minimum absolute atomic E-state index is 0.235. The molecule has 2 aliphatic rings. The molecule has 0 saturated carbocycles. The fourth-order valence-electron chi connectivity index (χ4n) is 2.68. The summed E-state index contributed by atoms with van der Waals surface area (Å²) in [7, 11) is 0. The average molecular weight is 259 g/mol. The van der Waals surface area contributed by atoms with Crippen LogP contribution >= 0.6 is 0 Å². The number of carbonyl (C=O) groups is 2. The lowest BCUT2D eigenvalue weighted by molar-refractivity contribution is -0.220. The molecule has 0 radical (unpaired) electrons. The first-order valence-corrected chi connectivity index (χ1v) is 5.94. The van der Waals surface area contributed by atoms with Crippen molar-refractivity contribution in [3.8, 4) is 0 Å². The Hall–Kier alpha value is -2.37. The molecule has 6 heteroatoms. The molecule has 6 nitrogen and oxygen atoms in total. The summed E-state index contributed by atoms with van der Waals surface area (Å²) in [5, 5.41) is 22.3. The number of carbonyl (C=O) groups excluding carboxylic acids is 1. The van der Waals surface area contributed by atoms with Crippen molar-refractivity contribution in [1.82, 2.24) is 5.32 Å². The smallest absolute Gasteiger partial charge is 0.335 e. The van der Waals surface area contributed by atoms with Crippen LogP contribution in [0, 0.1) is 0 Å². The van der Waals surface area contributed by atoms with Gasteiger partial charge in [0.05, 0.1) is 11.6 Å². The lowest BCUT2D eigenvalue weighted by atomic mass is 9.78. The molecule has 2 N–H and O–H groups in total. The standard InChI is InChI=1S/C13H12N2O4/c16-10(17)8-1-2-9-6-13(4-3-7(9)5-8)11(18)14-12(19)15-13/h1-2,5H,3-4,6H2,(H,16,17)(H2,14,15,18,19)/p-1. The number of nitrogens with one attached hydrogen (secondary N) is 1. The van der Waals surface area contributed by atoms with E-state index in [1.807, 2.05) is 0 Å². The molecule has 1 amide bonds. The van der Waals surface area contributed by atoms with Crippen LogP contribution in [0.5, 0.6) is 0 Å². The lowest BCUT2D eigenvalue weighted by Gasteiger charge is -2.30. The minimum atomic E-state index is -0.991. The summed E-state index contributed by atoms with van der Waals surface area (Å²) >= 11 is 0. The predicted molar refractivity (Wildman–Crippen MR) is 63.7 cm³/mol. The average Bonchev–Trinajstić information content (AvgIpc) is 2.63. The lowest BCUT2D eigenvalue weighted by Crippen LogP contribution is -2.45. The Labute approximate surface area is 108 Å². The van der Waals surface area contributed by atoms with E-state index >= 15 is 0 Å². The fraction of sp³-hybridized carbons (Fsp3) is 0.308. The van der Waals surface area contributed by atoms with E-state index in [2.05, 4.69) is 10.3 Å². The van der Waals surface area contributed by atoms with Crippen molar-refractivity contribution in [3.63, 3.8) is 0 Å². The van der Waals surface area contributed by atoms with Gasteiger partial charge in [-0.25, -0.2) is 4.79 Å². The zero-order valence-electron chi connectivity index (χ0n) is 9.97. The van der Waals surface area contributed by atoms with Gasteiger partial charge in [-0.1, -0.05) is 6.07 Å². The number of aromatic carboxylic acids is 1. The normalized spacial score (nSPS) is 24.8. The second kappa shape index (κ2) is 3.81. The Bertz CT molecular complexity index is 623. The number of benzene rings is 1. The van der Waals surface area contributed by atoms with Crippen molar-refractivity contribution in [2.75, 3.05) is 0 Å². The van der Waals surface area contributed by atoms with Gasteiger partial charge in [-0.2, -0.15) is 0 Å². The first kappa shape index (κ1) is 11.7. The number of aryl methyl sites for hydroxylation is 1. The second-order valence-electron chi connectivity index (χ2n) is 4.87. The highest BCUT2D eigenvalue weighted by Crippen LogP contribution is 2.34. The molecule has 1 heterocycles. The first-order chi connectivity index (χ1) is 9.00. The van der Waals surface area contributed by atoms with Gasteiger partial charge in [-0.05, 0) is 36.1 Å². The maximum Gasteiger partial charge on any atom is 0.335 e. The van der Waals surface area contributed by atoms with Gasteiger partial charge in [-0.3, -0.25) is 9.79 Å².